The summed E-state index contributed by atoms with van der Waals surface area (Å²) in [6, 6.07) is 5.27. The highest BCUT2D eigenvalue weighted by Gasteiger charge is 2.30. The third-order valence-electron chi connectivity index (χ3n) is 5.29. The predicted octanol–water partition coefficient (Wildman–Crippen LogP) is 2.34. The van der Waals surface area contributed by atoms with Gasteiger partial charge in [0.15, 0.2) is 0 Å². The van der Waals surface area contributed by atoms with Crippen molar-refractivity contribution in [3.05, 3.63) is 17.7 Å². The molecule has 3 aliphatic heterocycles. The minimum atomic E-state index is 0.735. The van der Waals surface area contributed by atoms with E-state index in [2.05, 4.69) is 27.2 Å². The van der Waals surface area contributed by atoms with Gasteiger partial charge >= 0.3 is 0 Å². The van der Waals surface area contributed by atoms with Crippen molar-refractivity contribution in [3.63, 3.8) is 0 Å². The number of rotatable bonds is 2. The molecule has 2 fully saturated rings. The lowest BCUT2D eigenvalue weighted by atomic mass is 9.99. The molecule has 0 saturated carbocycles. The molecule has 0 amide bonds. The van der Waals surface area contributed by atoms with Crippen molar-refractivity contribution in [2.45, 2.75) is 31.7 Å². The van der Waals surface area contributed by atoms with Gasteiger partial charge < -0.3 is 15.0 Å². The van der Waals surface area contributed by atoms with E-state index >= 15 is 0 Å². The predicted molar refractivity (Wildman–Crippen MR) is 86.6 cm³/mol. The van der Waals surface area contributed by atoms with Gasteiger partial charge in [-0.05, 0) is 43.5 Å². The van der Waals surface area contributed by atoms with E-state index in [1.54, 1.807) is 7.11 Å². The van der Waals surface area contributed by atoms with E-state index in [1.165, 1.54) is 49.3 Å². The highest BCUT2D eigenvalue weighted by atomic mass is 16.5. The molecule has 3 heterocycles. The Morgan fingerprint density at radius 1 is 1.19 bits per heavy atom. The van der Waals surface area contributed by atoms with Gasteiger partial charge in [0, 0.05) is 37.9 Å². The van der Waals surface area contributed by atoms with Crippen LogP contribution < -0.4 is 15.0 Å². The molecule has 4 nitrogen and oxygen atoms in total. The van der Waals surface area contributed by atoms with Crippen LogP contribution in [-0.2, 0) is 6.42 Å². The Morgan fingerprint density at radius 2 is 2.14 bits per heavy atom. The van der Waals surface area contributed by atoms with E-state index in [1.807, 2.05) is 0 Å². The lowest BCUT2D eigenvalue weighted by Gasteiger charge is -2.45. The minimum Gasteiger partial charge on any atom is -0.495 e. The molecule has 1 N–H and O–H groups in total. The highest BCUT2D eigenvalue weighted by molar-refractivity contribution is 5.71. The number of benzene rings is 1. The first-order chi connectivity index (χ1) is 10.3. The Balaban J connectivity index is 1.61. The van der Waals surface area contributed by atoms with Crippen molar-refractivity contribution in [3.8, 4) is 5.75 Å². The molecule has 0 aromatic heterocycles. The third kappa shape index (κ3) is 2.35. The molecule has 0 radical (unpaired) electrons. The van der Waals surface area contributed by atoms with Gasteiger partial charge in [-0.15, -0.1) is 0 Å². The van der Waals surface area contributed by atoms with E-state index in [-0.39, 0.29) is 0 Å². The number of anilines is 2. The Hall–Kier alpha value is -1.42. The van der Waals surface area contributed by atoms with Crippen molar-refractivity contribution in [2.24, 2.45) is 0 Å². The standard InChI is InChI=1S/C17H25N3O/c1-21-17-10-13-5-6-18-15(13)11-16(17)20-9-8-19-7-3-2-4-14(19)12-20/h10-11,14,18H,2-9,12H2,1H3/t14-/m1/s1. The van der Waals surface area contributed by atoms with Crippen LogP contribution in [-0.4, -0.2) is 50.8 Å². The van der Waals surface area contributed by atoms with Crippen LogP contribution in [0.3, 0.4) is 0 Å². The smallest absolute Gasteiger partial charge is 0.142 e. The Labute approximate surface area is 127 Å². The maximum atomic E-state index is 5.68. The molecular formula is C17H25N3O. The largest absolute Gasteiger partial charge is 0.495 e. The van der Waals surface area contributed by atoms with Gasteiger partial charge in [0.2, 0.25) is 0 Å². The number of ether oxygens (including phenoxy) is 1. The highest BCUT2D eigenvalue weighted by Crippen LogP contribution is 2.38. The molecule has 21 heavy (non-hydrogen) atoms. The maximum absolute atomic E-state index is 5.68. The number of fused-ring (bicyclic) bond motifs is 2. The Kier molecular flexibility index (Phi) is 3.42. The minimum absolute atomic E-state index is 0.735. The Bertz CT molecular complexity index is 531. The van der Waals surface area contributed by atoms with Gasteiger partial charge in [0.1, 0.15) is 5.75 Å². The summed E-state index contributed by atoms with van der Waals surface area (Å²) in [6.45, 7) is 5.80. The average molecular weight is 287 g/mol. The maximum Gasteiger partial charge on any atom is 0.142 e. The second kappa shape index (κ2) is 5.41. The van der Waals surface area contributed by atoms with E-state index in [9.17, 15) is 0 Å². The number of hydrogen-bond donors (Lipinski definition) is 1. The second-order valence-electron chi connectivity index (χ2n) is 6.49. The number of nitrogens with zero attached hydrogens (tertiary/aromatic N) is 2. The van der Waals surface area contributed by atoms with E-state index in [0.717, 1.165) is 37.8 Å². The fourth-order valence-corrected chi connectivity index (χ4v) is 4.10. The monoisotopic (exact) mass is 287 g/mol. The summed E-state index contributed by atoms with van der Waals surface area (Å²) in [7, 11) is 1.80. The molecule has 0 spiro atoms. The first-order valence-corrected chi connectivity index (χ1v) is 8.29. The number of piperazine rings is 1. The molecule has 1 aromatic rings. The van der Waals surface area contributed by atoms with Crippen molar-refractivity contribution in [1.82, 2.24) is 4.90 Å². The zero-order chi connectivity index (χ0) is 14.2. The third-order valence-corrected chi connectivity index (χ3v) is 5.29. The average Bonchev–Trinajstić information content (AvgIpc) is 3.00. The van der Waals surface area contributed by atoms with Gasteiger partial charge in [-0.1, -0.05) is 6.42 Å². The Morgan fingerprint density at radius 3 is 3.05 bits per heavy atom. The zero-order valence-electron chi connectivity index (χ0n) is 12.9. The summed E-state index contributed by atoms with van der Waals surface area (Å²) in [4.78, 5) is 5.21. The topological polar surface area (TPSA) is 27.7 Å². The summed E-state index contributed by atoms with van der Waals surface area (Å²) < 4.78 is 5.68. The van der Waals surface area contributed by atoms with E-state index < -0.39 is 0 Å². The molecular weight excluding hydrogens is 262 g/mol. The van der Waals surface area contributed by atoms with Crippen molar-refractivity contribution in [2.75, 3.05) is 50.1 Å². The fraction of sp³-hybridized carbons (Fsp3) is 0.647. The molecule has 114 valence electrons. The van der Waals surface area contributed by atoms with Crippen molar-refractivity contribution >= 4 is 11.4 Å². The van der Waals surface area contributed by atoms with Crippen LogP contribution in [0.15, 0.2) is 12.1 Å². The summed E-state index contributed by atoms with van der Waals surface area (Å²) in [5.41, 5.74) is 3.97. The molecule has 4 heteroatoms. The molecule has 1 atom stereocenters. The van der Waals surface area contributed by atoms with Crippen molar-refractivity contribution in [1.29, 1.82) is 0 Å². The fourth-order valence-electron chi connectivity index (χ4n) is 4.10. The van der Waals surface area contributed by atoms with Crippen LogP contribution in [0.2, 0.25) is 0 Å². The van der Waals surface area contributed by atoms with Crippen LogP contribution in [0, 0.1) is 0 Å². The van der Waals surface area contributed by atoms with Crippen LogP contribution >= 0.6 is 0 Å². The summed E-state index contributed by atoms with van der Waals surface area (Å²) in [5.74, 6) is 1.04. The normalized spacial score (nSPS) is 25.2. The number of hydrogen-bond acceptors (Lipinski definition) is 4. The second-order valence-corrected chi connectivity index (χ2v) is 6.49. The molecule has 0 bridgehead atoms. The van der Waals surface area contributed by atoms with Crippen LogP contribution in [0.5, 0.6) is 5.75 Å². The van der Waals surface area contributed by atoms with Crippen molar-refractivity contribution < 1.29 is 4.74 Å². The number of piperidine rings is 1. The SMILES string of the molecule is COc1cc2c(cc1N1CCN3CCCC[C@@H]3C1)NCC2. The molecule has 1 aromatic carbocycles. The summed E-state index contributed by atoms with van der Waals surface area (Å²) in [5, 5.41) is 3.49. The lowest BCUT2D eigenvalue weighted by molar-refractivity contribution is 0.133. The first-order valence-electron chi connectivity index (χ1n) is 8.29. The number of methoxy groups -OCH3 is 1. The summed E-state index contributed by atoms with van der Waals surface area (Å²) in [6.07, 6.45) is 5.23. The first kappa shape index (κ1) is 13.3. The van der Waals surface area contributed by atoms with Gasteiger partial charge in [-0.25, -0.2) is 0 Å². The van der Waals surface area contributed by atoms with E-state index in [0.29, 0.717) is 0 Å². The van der Waals surface area contributed by atoms with Gasteiger partial charge in [-0.3, -0.25) is 4.90 Å². The summed E-state index contributed by atoms with van der Waals surface area (Å²) >= 11 is 0. The molecule has 3 aliphatic rings. The van der Waals surface area contributed by atoms with E-state index in [4.69, 9.17) is 4.74 Å². The zero-order valence-corrected chi connectivity index (χ0v) is 12.9. The lowest BCUT2D eigenvalue weighted by Crippen LogP contribution is -2.55. The van der Waals surface area contributed by atoms with Gasteiger partial charge in [-0.2, -0.15) is 0 Å². The molecule has 0 unspecified atom stereocenters. The molecule has 0 aliphatic carbocycles. The molecule has 4 rings (SSSR count). The van der Waals surface area contributed by atoms with Crippen LogP contribution in [0.25, 0.3) is 0 Å². The number of nitrogens with one attached hydrogen (secondary N) is 1. The van der Waals surface area contributed by atoms with Crippen LogP contribution in [0.1, 0.15) is 24.8 Å². The van der Waals surface area contributed by atoms with Crippen LogP contribution in [0.4, 0.5) is 11.4 Å². The molecule has 2 saturated heterocycles. The van der Waals surface area contributed by atoms with Gasteiger partial charge in [0.05, 0.1) is 12.8 Å². The quantitative estimate of drug-likeness (QED) is 0.903. The van der Waals surface area contributed by atoms with Gasteiger partial charge in [0.25, 0.3) is 0 Å².